The molecule has 14 heavy (non-hydrogen) atoms. The molecule has 3 unspecified atom stereocenters. The van der Waals surface area contributed by atoms with Gasteiger partial charge in [-0.25, -0.2) is 4.39 Å². The molecule has 1 aliphatic heterocycles. The zero-order valence-electron chi connectivity index (χ0n) is 7.87. The minimum Gasteiger partial charge on any atom is -0.323 e. The summed E-state index contributed by atoms with van der Waals surface area (Å²) in [6.45, 7) is 1.95. The second kappa shape index (κ2) is 3.44. The fraction of sp³-hybridized carbons (Fsp3) is 0.400. The van der Waals surface area contributed by atoms with Crippen molar-refractivity contribution < 1.29 is 8.60 Å². The van der Waals surface area contributed by atoms with Gasteiger partial charge in [-0.1, -0.05) is 13.0 Å². The molecule has 0 spiro atoms. The van der Waals surface area contributed by atoms with Crippen molar-refractivity contribution in [3.63, 3.8) is 0 Å². The van der Waals surface area contributed by atoms with Gasteiger partial charge in [0.25, 0.3) is 0 Å². The zero-order valence-corrected chi connectivity index (χ0v) is 8.68. The lowest BCUT2D eigenvalue weighted by Crippen LogP contribution is -2.22. The number of benzene rings is 1. The summed E-state index contributed by atoms with van der Waals surface area (Å²) in [4.78, 5) is 0.573. The van der Waals surface area contributed by atoms with Gasteiger partial charge in [0, 0.05) is 10.9 Å². The highest BCUT2D eigenvalue weighted by Gasteiger charge is 2.35. The second-order valence-corrected chi connectivity index (χ2v) is 5.09. The summed E-state index contributed by atoms with van der Waals surface area (Å²) in [6, 6.07) is 4.13. The average molecular weight is 213 g/mol. The summed E-state index contributed by atoms with van der Waals surface area (Å²) in [6.07, 6.45) is 0.754. The molecule has 4 heteroatoms. The lowest BCUT2D eigenvalue weighted by atomic mass is 10.0. The van der Waals surface area contributed by atoms with E-state index in [1.54, 1.807) is 6.07 Å². The van der Waals surface area contributed by atoms with Crippen LogP contribution in [-0.2, 0) is 10.8 Å². The number of hydrogen-bond acceptors (Lipinski definition) is 2. The van der Waals surface area contributed by atoms with E-state index in [2.05, 4.69) is 0 Å². The molecule has 2 N–H and O–H groups in total. The molecule has 0 fully saturated rings. The van der Waals surface area contributed by atoms with Gasteiger partial charge in [-0.2, -0.15) is 0 Å². The van der Waals surface area contributed by atoms with Crippen LogP contribution in [0.4, 0.5) is 4.39 Å². The normalized spacial score (nSPS) is 30.4. The van der Waals surface area contributed by atoms with Gasteiger partial charge in [-0.15, -0.1) is 0 Å². The van der Waals surface area contributed by atoms with Crippen LogP contribution in [0.1, 0.15) is 24.9 Å². The second-order valence-electron chi connectivity index (χ2n) is 3.45. The quantitative estimate of drug-likeness (QED) is 0.772. The maximum Gasteiger partial charge on any atom is 0.124 e. The third-order valence-corrected chi connectivity index (χ3v) is 4.59. The van der Waals surface area contributed by atoms with Gasteiger partial charge in [-0.05, 0) is 24.1 Å². The van der Waals surface area contributed by atoms with Gasteiger partial charge in [0.15, 0.2) is 0 Å². The van der Waals surface area contributed by atoms with E-state index in [0.717, 1.165) is 12.0 Å². The van der Waals surface area contributed by atoms with Crippen molar-refractivity contribution in [3.8, 4) is 0 Å². The molecule has 0 radical (unpaired) electrons. The zero-order chi connectivity index (χ0) is 10.3. The van der Waals surface area contributed by atoms with Crippen LogP contribution in [0.3, 0.4) is 0 Å². The summed E-state index contributed by atoms with van der Waals surface area (Å²) in [7, 11) is -1.14. The number of rotatable bonds is 1. The van der Waals surface area contributed by atoms with E-state index in [9.17, 15) is 8.60 Å². The highest BCUT2D eigenvalue weighted by molar-refractivity contribution is 7.86. The Hall–Kier alpha value is -0.740. The van der Waals surface area contributed by atoms with E-state index in [0.29, 0.717) is 4.90 Å². The Morgan fingerprint density at radius 2 is 2.29 bits per heavy atom. The van der Waals surface area contributed by atoms with E-state index in [4.69, 9.17) is 5.73 Å². The molecule has 0 saturated carbocycles. The topological polar surface area (TPSA) is 43.1 Å². The fourth-order valence-electron chi connectivity index (χ4n) is 1.86. The first-order valence-electron chi connectivity index (χ1n) is 4.60. The van der Waals surface area contributed by atoms with Crippen LogP contribution in [0.5, 0.6) is 0 Å². The predicted octanol–water partition coefficient (Wildman–Crippen LogP) is 1.73. The summed E-state index contributed by atoms with van der Waals surface area (Å²) in [5.74, 6) is -0.346. The number of hydrogen-bond donors (Lipinski definition) is 1. The molecule has 3 atom stereocenters. The molecule has 1 aromatic carbocycles. The Balaban J connectivity index is 2.52. The Morgan fingerprint density at radius 3 is 2.93 bits per heavy atom. The van der Waals surface area contributed by atoms with Crippen molar-refractivity contribution in [2.24, 2.45) is 5.73 Å². The standard InChI is InChI=1S/C10H12FNOS/c1-2-8-10(12)7-4-3-6(11)5-9(7)14(8)13/h3-5,8,10H,2,12H2,1H3. The summed E-state index contributed by atoms with van der Waals surface area (Å²) >= 11 is 0. The molecule has 0 saturated heterocycles. The van der Waals surface area contributed by atoms with E-state index in [1.807, 2.05) is 6.92 Å². The van der Waals surface area contributed by atoms with E-state index >= 15 is 0 Å². The molecule has 0 bridgehead atoms. The first-order valence-corrected chi connectivity index (χ1v) is 5.82. The van der Waals surface area contributed by atoms with E-state index in [1.165, 1.54) is 12.1 Å². The van der Waals surface area contributed by atoms with Crippen LogP contribution in [0.25, 0.3) is 0 Å². The smallest absolute Gasteiger partial charge is 0.124 e. The lowest BCUT2D eigenvalue weighted by molar-refractivity contribution is 0.618. The Bertz CT molecular complexity index is 394. The van der Waals surface area contributed by atoms with Crippen molar-refractivity contribution in [2.45, 2.75) is 29.5 Å². The van der Waals surface area contributed by atoms with Crippen molar-refractivity contribution in [3.05, 3.63) is 29.6 Å². The molecule has 2 nitrogen and oxygen atoms in total. The van der Waals surface area contributed by atoms with E-state index < -0.39 is 10.8 Å². The van der Waals surface area contributed by atoms with Crippen LogP contribution in [0, 0.1) is 5.82 Å². The van der Waals surface area contributed by atoms with Gasteiger partial charge >= 0.3 is 0 Å². The lowest BCUT2D eigenvalue weighted by Gasteiger charge is -2.11. The monoisotopic (exact) mass is 213 g/mol. The fourth-order valence-corrected chi connectivity index (χ4v) is 3.57. The summed E-state index contributed by atoms with van der Waals surface area (Å²) in [5.41, 5.74) is 6.76. The van der Waals surface area contributed by atoms with Gasteiger partial charge < -0.3 is 5.73 Å². The van der Waals surface area contributed by atoms with Crippen molar-refractivity contribution in [1.29, 1.82) is 0 Å². The summed E-state index contributed by atoms with van der Waals surface area (Å²) in [5, 5.41) is -0.0631. The summed E-state index contributed by atoms with van der Waals surface area (Å²) < 4.78 is 24.8. The van der Waals surface area contributed by atoms with Crippen LogP contribution in [-0.4, -0.2) is 9.46 Å². The highest BCUT2D eigenvalue weighted by atomic mass is 32.2. The van der Waals surface area contributed by atoms with Gasteiger partial charge in [0.05, 0.1) is 16.0 Å². The van der Waals surface area contributed by atoms with Crippen molar-refractivity contribution >= 4 is 10.8 Å². The number of nitrogens with two attached hydrogens (primary N) is 1. The molecule has 0 aromatic heterocycles. The minimum atomic E-state index is -1.14. The largest absolute Gasteiger partial charge is 0.323 e. The van der Waals surface area contributed by atoms with Crippen LogP contribution in [0.15, 0.2) is 23.1 Å². The Labute approximate surface area is 84.8 Å². The van der Waals surface area contributed by atoms with Crippen molar-refractivity contribution in [2.75, 3.05) is 0 Å². The Morgan fingerprint density at radius 1 is 1.57 bits per heavy atom. The molecule has 0 aliphatic carbocycles. The van der Waals surface area contributed by atoms with Crippen LogP contribution >= 0.6 is 0 Å². The molecule has 76 valence electrons. The van der Waals surface area contributed by atoms with Crippen molar-refractivity contribution in [1.82, 2.24) is 0 Å². The van der Waals surface area contributed by atoms with Crippen LogP contribution < -0.4 is 5.73 Å². The van der Waals surface area contributed by atoms with Gasteiger partial charge in [-0.3, -0.25) is 4.21 Å². The van der Waals surface area contributed by atoms with E-state index in [-0.39, 0.29) is 17.1 Å². The molecule has 1 aliphatic rings. The molecule has 0 amide bonds. The first-order chi connectivity index (χ1) is 6.65. The average Bonchev–Trinajstić information content (AvgIpc) is 2.39. The number of fused-ring (bicyclic) bond motifs is 1. The molecule has 2 rings (SSSR count). The molecule has 1 heterocycles. The third kappa shape index (κ3) is 1.29. The molecule has 1 aromatic rings. The van der Waals surface area contributed by atoms with Gasteiger partial charge in [0.1, 0.15) is 5.82 Å². The van der Waals surface area contributed by atoms with Gasteiger partial charge in [0.2, 0.25) is 0 Å². The third-order valence-electron chi connectivity index (χ3n) is 2.63. The molecular formula is C10H12FNOS. The highest BCUT2D eigenvalue weighted by Crippen LogP contribution is 2.36. The van der Waals surface area contributed by atoms with Crippen LogP contribution in [0.2, 0.25) is 0 Å². The Kier molecular flexibility index (Phi) is 2.41. The molecular weight excluding hydrogens is 201 g/mol. The predicted molar refractivity (Wildman–Crippen MR) is 53.8 cm³/mol. The maximum atomic E-state index is 12.9. The minimum absolute atomic E-state index is 0.0631. The maximum absolute atomic E-state index is 12.9. The number of halogens is 1. The first kappa shape index (κ1) is 9.80. The SMILES string of the molecule is CCC1C(N)c2ccc(F)cc2S1=O.